The summed E-state index contributed by atoms with van der Waals surface area (Å²) in [6.45, 7) is 2.78. The van der Waals surface area contributed by atoms with Gasteiger partial charge in [-0.15, -0.1) is 0 Å². The molecule has 0 spiro atoms. The van der Waals surface area contributed by atoms with Crippen LogP contribution in [0.5, 0.6) is 5.75 Å². The number of nitrogens with zero attached hydrogens (tertiary/aromatic N) is 2. The van der Waals surface area contributed by atoms with E-state index in [0.29, 0.717) is 12.5 Å². The number of amides is 2. The first kappa shape index (κ1) is 26.8. The summed E-state index contributed by atoms with van der Waals surface area (Å²) in [6.07, 6.45) is 8.05. The summed E-state index contributed by atoms with van der Waals surface area (Å²) >= 11 is 0. The van der Waals surface area contributed by atoms with Gasteiger partial charge in [-0.3, -0.25) is 0 Å². The van der Waals surface area contributed by atoms with Crippen LogP contribution in [0.3, 0.4) is 0 Å². The van der Waals surface area contributed by atoms with Crippen molar-refractivity contribution in [3.8, 4) is 11.4 Å². The van der Waals surface area contributed by atoms with Crippen LogP contribution in [0.15, 0.2) is 90.6 Å². The lowest BCUT2D eigenvalue weighted by molar-refractivity contribution is 0.216. The number of nitrogens with one attached hydrogen (secondary N) is 2. The molecule has 3 aromatic carbocycles. The molecule has 6 nitrogen and oxygen atoms in total. The molecule has 1 saturated carbocycles. The normalized spacial score (nSPS) is 20.0. The number of hydrogen-bond donors (Lipinski definition) is 2. The number of ether oxygens (including phenoxy) is 1. The van der Waals surface area contributed by atoms with Crippen LogP contribution in [0.4, 0.5) is 9.18 Å². The summed E-state index contributed by atoms with van der Waals surface area (Å²) in [5.41, 5.74) is 6.63. The predicted molar refractivity (Wildman–Crippen MR) is 158 cm³/mol. The first-order chi connectivity index (χ1) is 19.9. The molecule has 0 aliphatic heterocycles. The standard InChI is InChI=1S/C34H35FN4O2/c1-34-20-25-22-37-39(29-15-13-28(35)14-16-29)32(25)19-27(34)12-11-26(34)18-31(24-8-4-3-5-9-24)38-33(40)36-21-23-7-6-10-30(17-23)41-2/h3-10,13-17,19,22,26,31H,11-12,18,20-21H2,1-2H3,(H2,36,38,40). The zero-order valence-electron chi connectivity index (χ0n) is 23.4. The Morgan fingerprint density at radius 3 is 2.71 bits per heavy atom. The van der Waals surface area contributed by atoms with Crippen LogP contribution in [0.1, 0.15) is 54.6 Å². The van der Waals surface area contributed by atoms with E-state index in [4.69, 9.17) is 4.74 Å². The highest BCUT2D eigenvalue weighted by Crippen LogP contribution is 2.55. The van der Waals surface area contributed by atoms with Crippen LogP contribution in [0.2, 0.25) is 0 Å². The lowest BCUT2D eigenvalue weighted by Crippen LogP contribution is -2.39. The molecule has 0 bridgehead atoms. The first-order valence-corrected chi connectivity index (χ1v) is 14.2. The molecule has 3 unspecified atom stereocenters. The average molecular weight is 551 g/mol. The van der Waals surface area contributed by atoms with Crippen LogP contribution in [-0.4, -0.2) is 22.9 Å². The van der Waals surface area contributed by atoms with Crippen molar-refractivity contribution in [1.82, 2.24) is 20.4 Å². The lowest BCUT2D eigenvalue weighted by atomic mass is 9.68. The van der Waals surface area contributed by atoms with E-state index >= 15 is 0 Å². The third kappa shape index (κ3) is 5.49. The number of carbonyl (C=O) groups excluding carboxylic acids is 1. The molecule has 2 N–H and O–H groups in total. The molecule has 1 aromatic heterocycles. The Kier molecular flexibility index (Phi) is 7.35. The van der Waals surface area contributed by atoms with Gasteiger partial charge in [0, 0.05) is 6.54 Å². The highest BCUT2D eigenvalue weighted by atomic mass is 19.1. The van der Waals surface area contributed by atoms with E-state index in [1.54, 1.807) is 19.2 Å². The molecule has 2 aliphatic carbocycles. The van der Waals surface area contributed by atoms with Crippen molar-refractivity contribution in [2.45, 2.75) is 45.2 Å². The Labute approximate surface area is 240 Å². The molecule has 0 saturated heterocycles. The fourth-order valence-corrected chi connectivity index (χ4v) is 6.52. The Balaban J connectivity index is 1.19. The van der Waals surface area contributed by atoms with Crippen molar-refractivity contribution in [3.05, 3.63) is 119 Å². The van der Waals surface area contributed by atoms with Crippen LogP contribution in [0, 0.1) is 17.2 Å². The Morgan fingerprint density at radius 2 is 1.93 bits per heavy atom. The van der Waals surface area contributed by atoms with Crippen molar-refractivity contribution in [3.63, 3.8) is 0 Å². The highest BCUT2D eigenvalue weighted by molar-refractivity contribution is 5.74. The molecule has 7 heteroatoms. The highest BCUT2D eigenvalue weighted by Gasteiger charge is 2.46. The third-order valence-corrected chi connectivity index (χ3v) is 8.84. The Bertz CT molecular complexity index is 1560. The quantitative estimate of drug-likeness (QED) is 0.248. The first-order valence-electron chi connectivity index (χ1n) is 14.2. The predicted octanol–water partition coefficient (Wildman–Crippen LogP) is 7.01. The molecule has 1 fully saturated rings. The molecule has 2 amide bonds. The van der Waals surface area contributed by atoms with Gasteiger partial charge in [0.25, 0.3) is 0 Å². The van der Waals surface area contributed by atoms with Crippen molar-refractivity contribution in [2.24, 2.45) is 11.3 Å². The molecule has 3 atom stereocenters. The second-order valence-corrected chi connectivity index (χ2v) is 11.3. The molecule has 2 aliphatic rings. The van der Waals surface area contributed by atoms with Crippen molar-refractivity contribution in [1.29, 1.82) is 0 Å². The van der Waals surface area contributed by atoms with E-state index < -0.39 is 0 Å². The van der Waals surface area contributed by atoms with Crippen molar-refractivity contribution < 1.29 is 13.9 Å². The van der Waals surface area contributed by atoms with Crippen molar-refractivity contribution >= 4 is 12.1 Å². The number of halogens is 1. The number of allylic oxidation sites excluding steroid dienone is 1. The summed E-state index contributed by atoms with van der Waals surface area (Å²) in [5, 5.41) is 11.0. The van der Waals surface area contributed by atoms with Gasteiger partial charge in [0.05, 0.1) is 30.7 Å². The fraction of sp³-hybridized carbons (Fsp3) is 0.294. The zero-order chi connectivity index (χ0) is 28.4. The molecule has 210 valence electrons. The van der Waals surface area contributed by atoms with E-state index in [1.807, 2.05) is 53.3 Å². The molecule has 0 radical (unpaired) electrons. The van der Waals surface area contributed by atoms with Crippen molar-refractivity contribution in [2.75, 3.05) is 7.11 Å². The maximum absolute atomic E-state index is 13.5. The molecular formula is C34H35FN4O2. The SMILES string of the molecule is COc1cccc(CNC(=O)NC(CC2CCC3=Cc4c(cnn4-c4ccc(F)cc4)CC32C)c2ccccc2)c1. The number of hydrogen-bond acceptors (Lipinski definition) is 3. The van der Waals surface area contributed by atoms with Crippen LogP contribution >= 0.6 is 0 Å². The van der Waals surface area contributed by atoms with Gasteiger partial charge in [0.1, 0.15) is 11.6 Å². The van der Waals surface area contributed by atoms with E-state index in [2.05, 4.69) is 40.9 Å². The maximum atomic E-state index is 13.5. The third-order valence-electron chi connectivity index (χ3n) is 8.84. The Hall–Kier alpha value is -4.39. The van der Waals surface area contributed by atoms with Gasteiger partial charge in [0.15, 0.2) is 0 Å². The minimum absolute atomic E-state index is 0.0184. The summed E-state index contributed by atoms with van der Waals surface area (Å²) < 4.78 is 20.7. The summed E-state index contributed by atoms with van der Waals surface area (Å²) in [6, 6.07) is 24.1. The number of urea groups is 1. The second-order valence-electron chi connectivity index (χ2n) is 11.3. The molecule has 4 aromatic rings. The van der Waals surface area contributed by atoms with Gasteiger partial charge in [-0.25, -0.2) is 13.9 Å². The van der Waals surface area contributed by atoms with E-state index in [1.165, 1.54) is 23.3 Å². The van der Waals surface area contributed by atoms with Gasteiger partial charge < -0.3 is 15.4 Å². The maximum Gasteiger partial charge on any atom is 0.315 e. The van der Waals surface area contributed by atoms with Crippen LogP contribution in [-0.2, 0) is 13.0 Å². The van der Waals surface area contributed by atoms with Gasteiger partial charge in [-0.1, -0.05) is 55.0 Å². The fourth-order valence-electron chi connectivity index (χ4n) is 6.52. The van der Waals surface area contributed by atoms with Crippen LogP contribution < -0.4 is 15.4 Å². The topological polar surface area (TPSA) is 68.2 Å². The number of aromatic nitrogens is 2. The van der Waals surface area contributed by atoms with E-state index in [9.17, 15) is 9.18 Å². The number of rotatable bonds is 8. The second kappa shape index (κ2) is 11.2. The summed E-state index contributed by atoms with van der Waals surface area (Å²) in [7, 11) is 1.64. The number of fused-ring (bicyclic) bond motifs is 2. The number of carbonyl (C=O) groups is 1. The Morgan fingerprint density at radius 1 is 1.12 bits per heavy atom. The monoisotopic (exact) mass is 550 g/mol. The molecule has 1 heterocycles. The minimum Gasteiger partial charge on any atom is -0.497 e. The minimum atomic E-state index is -0.255. The molecule has 41 heavy (non-hydrogen) atoms. The van der Waals surface area contributed by atoms with Gasteiger partial charge in [-0.2, -0.15) is 5.10 Å². The van der Waals surface area contributed by atoms with Gasteiger partial charge in [0.2, 0.25) is 0 Å². The largest absolute Gasteiger partial charge is 0.497 e. The zero-order valence-corrected chi connectivity index (χ0v) is 23.4. The summed E-state index contributed by atoms with van der Waals surface area (Å²) in [4.78, 5) is 13.1. The van der Waals surface area contributed by atoms with Gasteiger partial charge in [-0.05, 0) is 96.2 Å². The lowest BCUT2D eigenvalue weighted by Gasteiger charge is -2.37. The van der Waals surface area contributed by atoms with E-state index in [-0.39, 0.29) is 23.3 Å². The average Bonchev–Trinajstić information content (AvgIpc) is 3.54. The summed E-state index contributed by atoms with van der Waals surface area (Å²) in [5.74, 6) is 0.902. The van der Waals surface area contributed by atoms with E-state index in [0.717, 1.165) is 53.9 Å². The number of benzene rings is 3. The smallest absolute Gasteiger partial charge is 0.315 e. The van der Waals surface area contributed by atoms with Gasteiger partial charge >= 0.3 is 6.03 Å². The molecule has 6 rings (SSSR count). The van der Waals surface area contributed by atoms with Crippen LogP contribution in [0.25, 0.3) is 11.8 Å². The molecular weight excluding hydrogens is 515 g/mol. The number of methoxy groups -OCH3 is 1.